The molecule has 0 amide bonds. The van der Waals surface area contributed by atoms with Crippen LogP contribution in [0.2, 0.25) is 0 Å². The fourth-order valence-corrected chi connectivity index (χ4v) is 3.00. The van der Waals surface area contributed by atoms with Crippen molar-refractivity contribution in [3.63, 3.8) is 0 Å². The van der Waals surface area contributed by atoms with Gasteiger partial charge in [0.1, 0.15) is 0 Å². The molecule has 0 aliphatic carbocycles. The number of thioether (sulfide) groups is 1. The van der Waals surface area contributed by atoms with Crippen LogP contribution in [-0.2, 0) is 6.54 Å². The van der Waals surface area contributed by atoms with Gasteiger partial charge in [-0.25, -0.2) is 9.67 Å². The zero-order chi connectivity index (χ0) is 16.9. The Bertz CT molecular complexity index is 770. The fraction of sp³-hybridized carbons (Fsp3) is 0.375. The summed E-state index contributed by atoms with van der Waals surface area (Å²) >= 11 is 1.54. The van der Waals surface area contributed by atoms with E-state index in [1.54, 1.807) is 18.0 Å². The average Bonchev–Trinajstić information content (AvgIpc) is 3.23. The first-order chi connectivity index (χ1) is 11.6. The molecule has 3 aromatic rings. The highest BCUT2D eigenvalue weighted by Crippen LogP contribution is 2.34. The summed E-state index contributed by atoms with van der Waals surface area (Å²) in [4.78, 5) is 6.50. The van der Waals surface area contributed by atoms with Gasteiger partial charge >= 0.3 is 0 Å². The van der Waals surface area contributed by atoms with Crippen LogP contribution in [0.25, 0.3) is 11.3 Å². The molecule has 0 radical (unpaired) electrons. The van der Waals surface area contributed by atoms with Crippen molar-refractivity contribution in [1.29, 1.82) is 0 Å². The lowest BCUT2D eigenvalue weighted by atomic mass is 10.2. The molecule has 0 aliphatic rings. The van der Waals surface area contributed by atoms with Crippen LogP contribution >= 0.6 is 11.8 Å². The van der Waals surface area contributed by atoms with Crippen LogP contribution in [0, 0.1) is 0 Å². The topological polar surface area (TPSA) is 72.9 Å². The van der Waals surface area contributed by atoms with Gasteiger partial charge in [-0.15, -0.1) is 5.10 Å². The number of likely N-dealkylation sites (N-methyl/N-ethyl adjacent to an activating group) is 1. The van der Waals surface area contributed by atoms with E-state index in [4.69, 9.17) is 4.42 Å². The number of oxazole rings is 1. The summed E-state index contributed by atoms with van der Waals surface area (Å²) in [6.07, 6.45) is 1.76. The number of hydrogen-bond donors (Lipinski definition) is 0. The van der Waals surface area contributed by atoms with Crippen LogP contribution in [0.5, 0.6) is 0 Å². The van der Waals surface area contributed by atoms with Crippen molar-refractivity contribution in [3.8, 4) is 11.3 Å². The van der Waals surface area contributed by atoms with Crippen molar-refractivity contribution in [3.05, 3.63) is 42.4 Å². The van der Waals surface area contributed by atoms with Gasteiger partial charge in [0, 0.05) is 12.1 Å². The first-order valence-electron chi connectivity index (χ1n) is 7.72. The SMILES string of the molecule is CC(Sc1nnnn1CCN(C)C)c1ncc(-c2ccccc2)o1. The Labute approximate surface area is 145 Å². The summed E-state index contributed by atoms with van der Waals surface area (Å²) in [5.74, 6) is 1.44. The Balaban J connectivity index is 1.69. The molecule has 2 aromatic heterocycles. The van der Waals surface area contributed by atoms with E-state index >= 15 is 0 Å². The minimum atomic E-state index is 0.0200. The third-order valence-electron chi connectivity index (χ3n) is 3.47. The largest absolute Gasteiger partial charge is 0.440 e. The molecule has 126 valence electrons. The molecular weight excluding hydrogens is 324 g/mol. The molecule has 2 heterocycles. The molecular formula is C16H20N6OS. The maximum absolute atomic E-state index is 5.90. The lowest BCUT2D eigenvalue weighted by Gasteiger charge is -2.11. The Morgan fingerprint density at radius 1 is 1.25 bits per heavy atom. The fourth-order valence-electron chi connectivity index (χ4n) is 2.14. The maximum Gasteiger partial charge on any atom is 0.210 e. The summed E-state index contributed by atoms with van der Waals surface area (Å²) < 4.78 is 7.71. The summed E-state index contributed by atoms with van der Waals surface area (Å²) in [5, 5.41) is 12.7. The zero-order valence-electron chi connectivity index (χ0n) is 14.0. The molecule has 0 saturated heterocycles. The van der Waals surface area contributed by atoms with Gasteiger partial charge in [0.25, 0.3) is 0 Å². The van der Waals surface area contributed by atoms with Gasteiger partial charge in [0.2, 0.25) is 11.0 Å². The van der Waals surface area contributed by atoms with Crippen LogP contribution in [-0.4, -0.2) is 50.7 Å². The maximum atomic E-state index is 5.90. The number of tetrazole rings is 1. The van der Waals surface area contributed by atoms with Gasteiger partial charge < -0.3 is 9.32 Å². The highest BCUT2D eigenvalue weighted by atomic mass is 32.2. The van der Waals surface area contributed by atoms with Gasteiger partial charge in [0.05, 0.1) is 18.0 Å². The van der Waals surface area contributed by atoms with Crippen molar-refractivity contribution >= 4 is 11.8 Å². The van der Waals surface area contributed by atoms with Gasteiger partial charge in [-0.1, -0.05) is 42.1 Å². The summed E-state index contributed by atoms with van der Waals surface area (Å²) in [7, 11) is 4.05. The van der Waals surface area contributed by atoms with Crippen molar-refractivity contribution in [2.24, 2.45) is 0 Å². The van der Waals surface area contributed by atoms with Crippen LogP contribution < -0.4 is 0 Å². The lowest BCUT2D eigenvalue weighted by Crippen LogP contribution is -2.19. The van der Waals surface area contributed by atoms with E-state index < -0.39 is 0 Å². The van der Waals surface area contributed by atoms with E-state index in [2.05, 4.69) is 25.4 Å². The minimum absolute atomic E-state index is 0.0200. The molecule has 0 aliphatic heterocycles. The number of benzene rings is 1. The molecule has 1 atom stereocenters. The highest BCUT2D eigenvalue weighted by molar-refractivity contribution is 7.99. The number of nitrogens with zero attached hydrogens (tertiary/aromatic N) is 6. The molecule has 0 fully saturated rings. The van der Waals surface area contributed by atoms with E-state index in [1.807, 2.05) is 56.0 Å². The van der Waals surface area contributed by atoms with E-state index in [0.717, 1.165) is 29.6 Å². The van der Waals surface area contributed by atoms with Crippen molar-refractivity contribution in [1.82, 2.24) is 30.1 Å². The Hall–Kier alpha value is -2.19. The third kappa shape index (κ3) is 4.01. The molecule has 0 N–H and O–H groups in total. The summed E-state index contributed by atoms with van der Waals surface area (Å²) in [6.45, 7) is 3.66. The molecule has 0 spiro atoms. The zero-order valence-corrected chi connectivity index (χ0v) is 14.8. The van der Waals surface area contributed by atoms with Crippen LogP contribution in [0.4, 0.5) is 0 Å². The van der Waals surface area contributed by atoms with Gasteiger partial charge in [-0.2, -0.15) is 0 Å². The molecule has 8 heteroatoms. The first kappa shape index (κ1) is 16.7. The van der Waals surface area contributed by atoms with E-state index in [9.17, 15) is 0 Å². The van der Waals surface area contributed by atoms with E-state index in [-0.39, 0.29) is 5.25 Å². The summed E-state index contributed by atoms with van der Waals surface area (Å²) in [6, 6.07) is 9.95. The number of aromatic nitrogens is 5. The monoisotopic (exact) mass is 344 g/mol. The Morgan fingerprint density at radius 3 is 2.79 bits per heavy atom. The molecule has 1 aromatic carbocycles. The van der Waals surface area contributed by atoms with Crippen molar-refractivity contribution in [2.45, 2.75) is 23.9 Å². The Morgan fingerprint density at radius 2 is 2.04 bits per heavy atom. The minimum Gasteiger partial charge on any atom is -0.440 e. The second-order valence-corrected chi connectivity index (χ2v) is 6.98. The summed E-state index contributed by atoms with van der Waals surface area (Å²) in [5.41, 5.74) is 1.02. The predicted octanol–water partition coefficient (Wildman–Crippen LogP) is 2.74. The molecule has 7 nitrogen and oxygen atoms in total. The normalized spacial score (nSPS) is 12.7. The smallest absolute Gasteiger partial charge is 0.210 e. The molecule has 24 heavy (non-hydrogen) atoms. The van der Waals surface area contributed by atoms with Crippen molar-refractivity contribution in [2.75, 3.05) is 20.6 Å². The number of hydrogen-bond acceptors (Lipinski definition) is 7. The van der Waals surface area contributed by atoms with Crippen LogP contribution in [0.3, 0.4) is 0 Å². The molecule has 0 bridgehead atoms. The van der Waals surface area contributed by atoms with Crippen LogP contribution in [0.15, 0.2) is 46.1 Å². The Kier molecular flexibility index (Phi) is 5.27. The van der Waals surface area contributed by atoms with Gasteiger partial charge in [-0.3, -0.25) is 0 Å². The van der Waals surface area contributed by atoms with E-state index in [0.29, 0.717) is 5.89 Å². The standard InChI is InChI=1S/C16H20N6OS/c1-12(24-16-18-19-20-22(16)10-9-21(2)3)15-17-11-14(23-15)13-7-5-4-6-8-13/h4-8,11-12H,9-10H2,1-3H3. The molecule has 1 unspecified atom stereocenters. The highest BCUT2D eigenvalue weighted by Gasteiger charge is 2.18. The van der Waals surface area contributed by atoms with E-state index in [1.165, 1.54) is 0 Å². The van der Waals surface area contributed by atoms with Crippen LogP contribution in [0.1, 0.15) is 18.1 Å². The second-order valence-electron chi connectivity index (χ2n) is 5.68. The predicted molar refractivity (Wildman–Crippen MR) is 92.6 cm³/mol. The molecule has 0 saturated carbocycles. The quantitative estimate of drug-likeness (QED) is 0.610. The molecule has 3 rings (SSSR count). The first-order valence-corrected chi connectivity index (χ1v) is 8.60. The van der Waals surface area contributed by atoms with Gasteiger partial charge in [-0.05, 0) is 31.4 Å². The number of rotatable bonds is 7. The lowest BCUT2D eigenvalue weighted by molar-refractivity contribution is 0.361. The second kappa shape index (κ2) is 7.59. The average molecular weight is 344 g/mol. The third-order valence-corrected chi connectivity index (χ3v) is 4.53. The van der Waals surface area contributed by atoms with Gasteiger partial charge in [0.15, 0.2) is 5.76 Å². The van der Waals surface area contributed by atoms with Crippen molar-refractivity contribution < 1.29 is 4.42 Å².